The number of likely N-dealkylation sites (tertiary alicyclic amines) is 1. The van der Waals surface area contributed by atoms with Crippen molar-refractivity contribution >= 4 is 40.9 Å². The highest BCUT2D eigenvalue weighted by Gasteiger charge is 2.30. The molecule has 0 bridgehead atoms. The molecule has 55 heavy (non-hydrogen) atoms. The zero-order chi connectivity index (χ0) is 39.6. The predicted molar refractivity (Wildman–Crippen MR) is 238 cm³/mol. The zero-order valence-corrected chi connectivity index (χ0v) is 33.9. The number of anilines is 1. The monoisotopic (exact) mass is 740 g/mol. The number of allylic oxidation sites excluding steroid dienone is 4. The summed E-state index contributed by atoms with van der Waals surface area (Å²) in [6, 6.07) is 26.3. The van der Waals surface area contributed by atoms with Crippen LogP contribution in [0.15, 0.2) is 110 Å². The summed E-state index contributed by atoms with van der Waals surface area (Å²) >= 11 is 0. The Morgan fingerprint density at radius 3 is 2.09 bits per heavy atom. The van der Waals surface area contributed by atoms with Crippen LogP contribution in [0.4, 0.5) is 5.69 Å². The Balaban J connectivity index is 0.00000285. The van der Waals surface area contributed by atoms with Gasteiger partial charge in [0, 0.05) is 70.3 Å². The number of hydrogen-bond acceptors (Lipinski definition) is 6. The molecule has 1 atom stereocenters. The van der Waals surface area contributed by atoms with Gasteiger partial charge < -0.3 is 36.9 Å². The minimum absolute atomic E-state index is 0.0789. The Kier molecular flexibility index (Phi) is 14.1. The van der Waals surface area contributed by atoms with Crippen LogP contribution >= 0.6 is 0 Å². The smallest absolute Gasteiger partial charge is 0.101 e. The summed E-state index contributed by atoms with van der Waals surface area (Å²) in [5, 5.41) is 8.29. The van der Waals surface area contributed by atoms with E-state index in [0.717, 1.165) is 82.9 Å². The fraction of sp³-hybridized carbons (Fsp3) is 0.375. The fourth-order valence-corrected chi connectivity index (χ4v) is 8.57. The molecule has 292 valence electrons. The number of likely N-dealkylation sites (N-methyl/N-ethyl adjacent to an activating group) is 1. The van der Waals surface area contributed by atoms with Crippen molar-refractivity contribution in [3.63, 3.8) is 0 Å². The van der Waals surface area contributed by atoms with Crippen molar-refractivity contribution in [2.75, 3.05) is 32.5 Å². The van der Waals surface area contributed by atoms with E-state index in [1.807, 2.05) is 56.3 Å². The van der Waals surface area contributed by atoms with Crippen molar-refractivity contribution in [2.45, 2.75) is 89.3 Å². The SMILES string of the molecule is C=CCCC(C(=C)N(C)C)n1c(=C)c2cccc(NC3CCC(N4CCC(c5ccc(C(/C=C(\N)c6ccccc6)=C(N)N)cc5)CC4)CC3)c2c1=C.CC. The molecule has 4 aromatic rings. The molecule has 1 aromatic heterocycles. The van der Waals surface area contributed by atoms with E-state index in [1.165, 1.54) is 36.6 Å². The van der Waals surface area contributed by atoms with Crippen LogP contribution < -0.4 is 33.2 Å². The molecule has 3 aromatic carbocycles. The molecule has 1 saturated carbocycles. The van der Waals surface area contributed by atoms with Crippen LogP contribution in [0.25, 0.3) is 35.2 Å². The number of nitrogens with one attached hydrogen (secondary N) is 1. The van der Waals surface area contributed by atoms with Crippen LogP contribution in [0.2, 0.25) is 0 Å². The lowest BCUT2D eigenvalue weighted by molar-refractivity contribution is 0.119. The first-order chi connectivity index (χ1) is 26.6. The largest absolute Gasteiger partial charge is 0.398 e. The number of benzene rings is 3. The minimum Gasteiger partial charge on any atom is -0.398 e. The van der Waals surface area contributed by atoms with E-state index in [-0.39, 0.29) is 11.9 Å². The third-order valence-corrected chi connectivity index (χ3v) is 11.7. The molecule has 2 aliphatic rings. The van der Waals surface area contributed by atoms with Crippen LogP contribution in [0.3, 0.4) is 0 Å². The topological polar surface area (TPSA) is 101 Å². The number of nitrogens with two attached hydrogens (primary N) is 3. The van der Waals surface area contributed by atoms with Gasteiger partial charge in [0.05, 0.1) is 6.04 Å². The van der Waals surface area contributed by atoms with Crippen molar-refractivity contribution in [3.8, 4) is 0 Å². The second-order valence-electron chi connectivity index (χ2n) is 15.2. The zero-order valence-electron chi connectivity index (χ0n) is 33.9. The van der Waals surface area contributed by atoms with Crippen LogP contribution in [0, 0.1) is 0 Å². The molecular weight excluding hydrogens is 675 g/mol. The van der Waals surface area contributed by atoms with Crippen molar-refractivity contribution in [3.05, 3.63) is 137 Å². The van der Waals surface area contributed by atoms with Gasteiger partial charge in [-0.25, -0.2) is 0 Å². The predicted octanol–water partition coefficient (Wildman–Crippen LogP) is 8.26. The molecule has 7 N–H and O–H groups in total. The molecule has 2 heterocycles. The quantitative estimate of drug-likeness (QED) is 0.0814. The maximum Gasteiger partial charge on any atom is 0.101 e. The molecule has 1 saturated heterocycles. The lowest BCUT2D eigenvalue weighted by Gasteiger charge is -2.41. The van der Waals surface area contributed by atoms with E-state index in [4.69, 9.17) is 17.2 Å². The Bertz CT molecular complexity index is 2050. The molecule has 1 unspecified atom stereocenters. The van der Waals surface area contributed by atoms with E-state index in [9.17, 15) is 0 Å². The number of fused-ring (bicyclic) bond motifs is 1. The number of rotatable bonds is 13. The van der Waals surface area contributed by atoms with Gasteiger partial charge in [-0.05, 0) is 99.2 Å². The summed E-state index contributed by atoms with van der Waals surface area (Å²) in [7, 11) is 4.11. The summed E-state index contributed by atoms with van der Waals surface area (Å²) in [6.07, 6.45) is 12.8. The molecule has 7 heteroatoms. The van der Waals surface area contributed by atoms with Gasteiger partial charge in [0.15, 0.2) is 0 Å². The highest BCUT2D eigenvalue weighted by Crippen LogP contribution is 2.34. The third kappa shape index (κ3) is 9.40. The standard InChI is InChI=1S/C46H59N7.C2H6/c1-7-8-17-44(32(3)51(5)6)53-31(2)40-15-12-16-43(45(40)33(53)4)50-38-22-24-39(25-23-38)52-28-26-35(27-29-52)34-18-20-36(21-19-34)41(46(48)49)30-42(47)37-13-10-9-11-14-37;1-2/h7,9-16,18-21,30,35,38-39,44,50H,1-4,8,17,22-29,47-49H2,5-6H3;1-2H3/b42-30-;. The average molecular weight is 740 g/mol. The van der Waals surface area contributed by atoms with E-state index in [1.54, 1.807) is 0 Å². The third-order valence-electron chi connectivity index (χ3n) is 11.7. The fourth-order valence-electron chi connectivity index (χ4n) is 8.57. The number of piperidine rings is 1. The van der Waals surface area contributed by atoms with Gasteiger partial charge in [0.2, 0.25) is 0 Å². The van der Waals surface area contributed by atoms with Crippen LogP contribution in [0.1, 0.15) is 93.9 Å². The van der Waals surface area contributed by atoms with E-state index in [2.05, 4.69) is 103 Å². The summed E-state index contributed by atoms with van der Waals surface area (Å²) in [5.41, 5.74) is 25.5. The molecule has 7 nitrogen and oxygen atoms in total. The lowest BCUT2D eigenvalue weighted by atomic mass is 9.85. The minimum atomic E-state index is 0.0789. The average Bonchev–Trinajstić information content (AvgIpc) is 3.47. The maximum absolute atomic E-state index is 6.40. The molecule has 0 radical (unpaired) electrons. The van der Waals surface area contributed by atoms with Gasteiger partial charge in [-0.15, -0.1) is 6.58 Å². The van der Waals surface area contributed by atoms with E-state index in [0.29, 0.717) is 23.7 Å². The first-order valence-electron chi connectivity index (χ1n) is 20.2. The van der Waals surface area contributed by atoms with Crippen molar-refractivity contribution in [2.24, 2.45) is 17.2 Å². The van der Waals surface area contributed by atoms with Crippen molar-refractivity contribution in [1.82, 2.24) is 14.4 Å². The molecule has 0 amide bonds. The number of hydrogen-bond donors (Lipinski definition) is 4. The van der Waals surface area contributed by atoms with Crippen molar-refractivity contribution < 1.29 is 0 Å². The summed E-state index contributed by atoms with van der Waals surface area (Å²) in [5.74, 6) is 0.820. The van der Waals surface area contributed by atoms with E-state index < -0.39 is 0 Å². The Morgan fingerprint density at radius 1 is 0.836 bits per heavy atom. The first-order valence-corrected chi connectivity index (χ1v) is 20.2. The number of nitrogens with zero attached hydrogens (tertiary/aromatic N) is 3. The second-order valence-corrected chi connectivity index (χ2v) is 15.2. The van der Waals surface area contributed by atoms with Crippen LogP contribution in [-0.4, -0.2) is 53.6 Å². The van der Waals surface area contributed by atoms with Gasteiger partial charge in [0.1, 0.15) is 5.82 Å². The van der Waals surface area contributed by atoms with Gasteiger partial charge in [0.25, 0.3) is 0 Å². The van der Waals surface area contributed by atoms with Gasteiger partial charge in [-0.3, -0.25) is 0 Å². The summed E-state index contributed by atoms with van der Waals surface area (Å²) < 4.78 is 2.29. The van der Waals surface area contributed by atoms with Crippen LogP contribution in [-0.2, 0) is 0 Å². The molecule has 1 aliphatic carbocycles. The van der Waals surface area contributed by atoms with Crippen LogP contribution in [0.5, 0.6) is 0 Å². The number of aromatic nitrogens is 1. The summed E-state index contributed by atoms with van der Waals surface area (Å²) in [4.78, 5) is 4.85. The van der Waals surface area contributed by atoms with E-state index >= 15 is 0 Å². The normalized spacial score (nSPS) is 18.5. The van der Waals surface area contributed by atoms with Gasteiger partial charge >= 0.3 is 0 Å². The molecule has 1 aliphatic heterocycles. The maximum atomic E-state index is 6.40. The molecule has 0 spiro atoms. The Labute approximate surface area is 330 Å². The van der Waals surface area contributed by atoms with Gasteiger partial charge in [-0.2, -0.15) is 0 Å². The first kappa shape index (κ1) is 41.0. The molecular formula is C48H65N7. The summed E-state index contributed by atoms with van der Waals surface area (Å²) in [6.45, 7) is 23.8. The Morgan fingerprint density at radius 2 is 1.49 bits per heavy atom. The highest BCUT2D eigenvalue weighted by molar-refractivity contribution is 5.95. The molecule has 2 fully saturated rings. The Hall–Kier alpha value is -5.14. The highest BCUT2D eigenvalue weighted by atomic mass is 15.2. The van der Waals surface area contributed by atoms with Crippen molar-refractivity contribution in [1.29, 1.82) is 0 Å². The second kappa shape index (κ2) is 18.9. The lowest BCUT2D eigenvalue weighted by Crippen LogP contribution is -2.44. The molecule has 6 rings (SSSR count). The van der Waals surface area contributed by atoms with Gasteiger partial charge in [-0.1, -0.05) is 106 Å².